The molecule has 0 amide bonds. The standard InChI is InChI=1S/C17H23N3O3/c18-7-13-22-14-10-19-8-9-20(15-19)16-3-5-17(6-4-16)23-12-2-1-11-21/h3-6,8-9,21H,7,10-15,18H2. The van der Waals surface area contributed by atoms with Gasteiger partial charge in [-0.05, 0) is 24.3 Å². The van der Waals surface area contributed by atoms with E-state index in [4.69, 9.17) is 20.3 Å². The summed E-state index contributed by atoms with van der Waals surface area (Å²) in [6.07, 6.45) is 4.10. The molecule has 6 heteroatoms. The second kappa shape index (κ2) is 9.74. The van der Waals surface area contributed by atoms with Gasteiger partial charge in [0.05, 0.1) is 19.9 Å². The molecular formula is C17H23N3O3. The van der Waals surface area contributed by atoms with Crippen molar-refractivity contribution < 1.29 is 14.6 Å². The van der Waals surface area contributed by atoms with Gasteiger partial charge in [0.25, 0.3) is 0 Å². The molecule has 0 aliphatic carbocycles. The molecule has 23 heavy (non-hydrogen) atoms. The number of ether oxygens (including phenoxy) is 2. The van der Waals surface area contributed by atoms with Crippen molar-refractivity contribution in [2.24, 2.45) is 5.73 Å². The minimum atomic E-state index is -0.142. The van der Waals surface area contributed by atoms with E-state index in [9.17, 15) is 0 Å². The van der Waals surface area contributed by atoms with Gasteiger partial charge in [-0.15, -0.1) is 0 Å². The van der Waals surface area contributed by atoms with Crippen LogP contribution in [0.5, 0.6) is 5.75 Å². The van der Waals surface area contributed by atoms with E-state index >= 15 is 0 Å². The smallest absolute Gasteiger partial charge is 0.149 e. The molecule has 124 valence electrons. The topological polar surface area (TPSA) is 71.2 Å². The summed E-state index contributed by atoms with van der Waals surface area (Å²) in [7, 11) is 0. The number of aliphatic hydroxyl groups excluding tert-OH is 1. The molecule has 1 aromatic rings. The van der Waals surface area contributed by atoms with Crippen LogP contribution in [-0.2, 0) is 4.74 Å². The Labute approximate surface area is 137 Å². The quantitative estimate of drug-likeness (QED) is 0.540. The van der Waals surface area contributed by atoms with E-state index in [0.717, 1.165) is 24.7 Å². The fourth-order valence-electron chi connectivity index (χ4n) is 2.11. The summed E-state index contributed by atoms with van der Waals surface area (Å²) < 4.78 is 10.9. The molecule has 1 aliphatic rings. The molecule has 0 saturated heterocycles. The first kappa shape index (κ1) is 17.2. The maximum atomic E-state index is 8.56. The van der Waals surface area contributed by atoms with E-state index in [1.165, 1.54) is 0 Å². The highest BCUT2D eigenvalue weighted by molar-refractivity contribution is 5.52. The van der Waals surface area contributed by atoms with Crippen molar-refractivity contribution in [2.75, 3.05) is 51.1 Å². The number of benzene rings is 1. The van der Waals surface area contributed by atoms with Crippen molar-refractivity contribution in [2.45, 2.75) is 0 Å². The van der Waals surface area contributed by atoms with Crippen LogP contribution in [0.25, 0.3) is 0 Å². The van der Waals surface area contributed by atoms with E-state index in [-0.39, 0.29) is 13.2 Å². The highest BCUT2D eigenvalue weighted by atomic mass is 16.5. The third kappa shape index (κ3) is 5.83. The number of nitrogens with zero attached hydrogens (tertiary/aromatic N) is 2. The van der Waals surface area contributed by atoms with Gasteiger partial charge in [-0.25, -0.2) is 0 Å². The number of hydrogen-bond donors (Lipinski definition) is 2. The molecule has 1 aromatic carbocycles. The highest BCUT2D eigenvalue weighted by Crippen LogP contribution is 2.22. The third-order valence-electron chi connectivity index (χ3n) is 3.26. The Morgan fingerprint density at radius 3 is 2.70 bits per heavy atom. The van der Waals surface area contributed by atoms with Crippen LogP contribution in [0.1, 0.15) is 0 Å². The van der Waals surface area contributed by atoms with Gasteiger partial charge in [0, 0.05) is 31.2 Å². The Morgan fingerprint density at radius 2 is 1.96 bits per heavy atom. The lowest BCUT2D eigenvalue weighted by Crippen LogP contribution is -2.28. The van der Waals surface area contributed by atoms with Gasteiger partial charge < -0.3 is 30.1 Å². The monoisotopic (exact) mass is 317 g/mol. The molecule has 6 nitrogen and oxygen atoms in total. The average Bonchev–Trinajstić information content (AvgIpc) is 3.05. The summed E-state index contributed by atoms with van der Waals surface area (Å²) >= 11 is 0. The number of rotatable bonds is 8. The van der Waals surface area contributed by atoms with Gasteiger partial charge in [-0.1, -0.05) is 11.8 Å². The summed E-state index contributed by atoms with van der Waals surface area (Å²) in [5.41, 5.74) is 6.49. The summed E-state index contributed by atoms with van der Waals surface area (Å²) in [5, 5.41) is 8.56. The number of anilines is 1. The van der Waals surface area contributed by atoms with Crippen molar-refractivity contribution >= 4 is 5.69 Å². The minimum Gasteiger partial charge on any atom is -0.481 e. The molecule has 0 atom stereocenters. The van der Waals surface area contributed by atoms with Gasteiger partial charge in [-0.3, -0.25) is 0 Å². The van der Waals surface area contributed by atoms with Crippen molar-refractivity contribution in [3.63, 3.8) is 0 Å². The maximum Gasteiger partial charge on any atom is 0.149 e. The first-order chi connectivity index (χ1) is 11.3. The first-order valence-electron chi connectivity index (χ1n) is 7.60. The summed E-state index contributed by atoms with van der Waals surface area (Å²) in [6, 6.07) is 7.84. The van der Waals surface area contributed by atoms with Crippen LogP contribution >= 0.6 is 0 Å². The zero-order chi connectivity index (χ0) is 16.3. The molecule has 1 aliphatic heterocycles. The maximum absolute atomic E-state index is 8.56. The van der Waals surface area contributed by atoms with Crippen LogP contribution in [-0.4, -0.2) is 56.2 Å². The molecule has 0 bridgehead atoms. The van der Waals surface area contributed by atoms with Gasteiger partial charge in [0.1, 0.15) is 19.0 Å². The lowest BCUT2D eigenvalue weighted by Gasteiger charge is -2.21. The molecule has 0 saturated carbocycles. The Morgan fingerprint density at radius 1 is 1.13 bits per heavy atom. The first-order valence-corrected chi connectivity index (χ1v) is 7.60. The van der Waals surface area contributed by atoms with Crippen LogP contribution in [0.3, 0.4) is 0 Å². The van der Waals surface area contributed by atoms with E-state index in [0.29, 0.717) is 19.8 Å². The average molecular weight is 317 g/mol. The molecular weight excluding hydrogens is 294 g/mol. The molecule has 1 heterocycles. The normalized spacial score (nSPS) is 13.1. The van der Waals surface area contributed by atoms with E-state index in [2.05, 4.69) is 27.8 Å². The van der Waals surface area contributed by atoms with Gasteiger partial charge in [0.2, 0.25) is 0 Å². The van der Waals surface area contributed by atoms with Gasteiger partial charge in [-0.2, -0.15) is 0 Å². The molecule has 2 rings (SSSR count). The third-order valence-corrected chi connectivity index (χ3v) is 3.26. The molecule has 0 fully saturated rings. The number of hydrogen-bond acceptors (Lipinski definition) is 6. The summed E-state index contributed by atoms with van der Waals surface area (Å²) in [4.78, 5) is 4.34. The molecule has 0 spiro atoms. The van der Waals surface area contributed by atoms with Crippen molar-refractivity contribution in [1.82, 2.24) is 4.90 Å². The van der Waals surface area contributed by atoms with E-state index in [1.807, 2.05) is 30.5 Å². The Balaban J connectivity index is 1.76. The molecule has 0 radical (unpaired) electrons. The fraction of sp³-hybridized carbons (Fsp3) is 0.412. The zero-order valence-corrected chi connectivity index (χ0v) is 13.1. The zero-order valence-electron chi connectivity index (χ0n) is 13.1. The molecule has 0 aromatic heterocycles. The largest absolute Gasteiger partial charge is 0.481 e. The van der Waals surface area contributed by atoms with Crippen molar-refractivity contribution in [3.8, 4) is 17.6 Å². The fourth-order valence-corrected chi connectivity index (χ4v) is 2.11. The molecule has 0 unspecified atom stereocenters. The van der Waals surface area contributed by atoms with E-state index in [1.54, 1.807) is 0 Å². The Bertz CT molecular complexity index is 548. The number of nitrogens with two attached hydrogens (primary N) is 1. The van der Waals surface area contributed by atoms with Crippen LogP contribution in [0.15, 0.2) is 36.7 Å². The Kier molecular flexibility index (Phi) is 7.27. The minimum absolute atomic E-state index is 0.142. The van der Waals surface area contributed by atoms with Crippen molar-refractivity contribution in [3.05, 3.63) is 36.7 Å². The van der Waals surface area contributed by atoms with Crippen LogP contribution < -0.4 is 15.4 Å². The highest BCUT2D eigenvalue weighted by Gasteiger charge is 2.13. The van der Waals surface area contributed by atoms with Crippen LogP contribution in [0.2, 0.25) is 0 Å². The molecule has 3 N–H and O–H groups in total. The predicted octanol–water partition coefficient (Wildman–Crippen LogP) is 0.587. The number of aliphatic hydroxyl groups is 1. The summed E-state index contributed by atoms with van der Waals surface area (Å²) in [6.45, 7) is 3.62. The van der Waals surface area contributed by atoms with Gasteiger partial charge in [0.15, 0.2) is 0 Å². The van der Waals surface area contributed by atoms with Crippen LogP contribution in [0, 0.1) is 11.8 Å². The predicted molar refractivity (Wildman–Crippen MR) is 89.9 cm³/mol. The Hall–Kier alpha value is -2.20. The van der Waals surface area contributed by atoms with E-state index < -0.39 is 0 Å². The second-order valence-electron chi connectivity index (χ2n) is 4.92. The lowest BCUT2D eigenvalue weighted by molar-refractivity contribution is 0.125. The SMILES string of the molecule is NCCOCCN1C=CN(c2ccc(OCC#CCO)cc2)C1. The van der Waals surface area contributed by atoms with Gasteiger partial charge >= 0.3 is 0 Å². The second-order valence-corrected chi connectivity index (χ2v) is 4.92. The summed E-state index contributed by atoms with van der Waals surface area (Å²) in [5.74, 6) is 6.02. The van der Waals surface area contributed by atoms with Crippen LogP contribution in [0.4, 0.5) is 5.69 Å². The van der Waals surface area contributed by atoms with Crippen molar-refractivity contribution in [1.29, 1.82) is 0 Å². The lowest BCUT2D eigenvalue weighted by atomic mass is 10.3.